The number of hydrogen-bond donors (Lipinski definition) is 1. The fourth-order valence-corrected chi connectivity index (χ4v) is 2.75. The van der Waals surface area contributed by atoms with Crippen LogP contribution in [-0.4, -0.2) is 18.3 Å². The van der Waals surface area contributed by atoms with Crippen LogP contribution >= 0.6 is 15.9 Å². The lowest BCUT2D eigenvalue weighted by Gasteiger charge is -2.17. The van der Waals surface area contributed by atoms with E-state index in [1.807, 2.05) is 6.92 Å². The van der Waals surface area contributed by atoms with E-state index in [2.05, 4.69) is 28.9 Å². The van der Waals surface area contributed by atoms with Crippen LogP contribution in [0.4, 0.5) is 0 Å². The predicted octanol–water partition coefficient (Wildman–Crippen LogP) is 2.67. The first-order valence-electron chi connectivity index (χ1n) is 5.15. The summed E-state index contributed by atoms with van der Waals surface area (Å²) in [7, 11) is 0. The summed E-state index contributed by atoms with van der Waals surface area (Å²) in [5.41, 5.74) is 4.67. The van der Waals surface area contributed by atoms with Crippen LogP contribution in [0.2, 0.25) is 0 Å². The number of rotatable bonds is 0. The fourth-order valence-electron chi connectivity index (χ4n) is 2.19. The normalized spacial score (nSPS) is 20.9. The summed E-state index contributed by atoms with van der Waals surface area (Å²) in [6.07, 6.45) is 0.408. The third-order valence-electron chi connectivity index (χ3n) is 3.01. The van der Waals surface area contributed by atoms with Gasteiger partial charge in [0.2, 0.25) is 0 Å². The smallest absolute Gasteiger partial charge is 0.103 e. The quantitative estimate of drug-likeness (QED) is 0.786. The Morgan fingerprint density at radius 2 is 2.20 bits per heavy atom. The maximum atomic E-state index is 10.0. The first kappa shape index (κ1) is 11.1. The van der Waals surface area contributed by atoms with Gasteiger partial charge in [-0.15, -0.1) is 0 Å². The second-order valence-electron chi connectivity index (χ2n) is 4.03. The molecule has 0 saturated heterocycles. The van der Waals surface area contributed by atoms with Gasteiger partial charge in [0, 0.05) is 4.47 Å². The molecular weight excluding hydrogens is 256 g/mol. The van der Waals surface area contributed by atoms with Gasteiger partial charge < -0.3 is 9.84 Å². The second kappa shape index (κ2) is 4.24. The number of benzene rings is 1. The lowest BCUT2D eigenvalue weighted by atomic mass is 9.92. The van der Waals surface area contributed by atoms with Gasteiger partial charge in [-0.05, 0) is 48.6 Å². The lowest BCUT2D eigenvalue weighted by Crippen LogP contribution is -2.08. The Morgan fingerprint density at radius 1 is 1.47 bits per heavy atom. The Morgan fingerprint density at radius 3 is 2.93 bits per heavy atom. The average molecular weight is 271 g/mol. The molecule has 15 heavy (non-hydrogen) atoms. The van der Waals surface area contributed by atoms with Crippen molar-refractivity contribution in [2.45, 2.75) is 26.4 Å². The minimum Gasteiger partial charge on any atom is -0.386 e. The van der Waals surface area contributed by atoms with Gasteiger partial charge in [-0.1, -0.05) is 15.9 Å². The summed E-state index contributed by atoms with van der Waals surface area (Å²) in [6.45, 7) is 5.23. The van der Waals surface area contributed by atoms with Gasteiger partial charge in [0.05, 0.1) is 13.2 Å². The van der Waals surface area contributed by atoms with E-state index in [0.717, 1.165) is 22.0 Å². The zero-order chi connectivity index (χ0) is 11.0. The first-order chi connectivity index (χ1) is 7.11. The molecule has 0 saturated carbocycles. The molecule has 3 heteroatoms. The Kier molecular flexibility index (Phi) is 3.14. The molecule has 1 atom stereocenters. The molecule has 1 aromatic carbocycles. The summed E-state index contributed by atoms with van der Waals surface area (Å²) < 4.78 is 6.44. The molecule has 82 valence electrons. The maximum absolute atomic E-state index is 10.0. The van der Waals surface area contributed by atoms with Gasteiger partial charge in [0.25, 0.3) is 0 Å². The van der Waals surface area contributed by atoms with Gasteiger partial charge in [0.1, 0.15) is 6.10 Å². The number of aliphatic hydroxyl groups excluding tert-OH is 1. The standard InChI is InChI=1S/C12H15BrO2/c1-7-5-10(13)8(2)12-9(7)3-4-15-6-11(12)14/h5,11,14H,3-4,6H2,1-2H3. The zero-order valence-corrected chi connectivity index (χ0v) is 10.6. The maximum Gasteiger partial charge on any atom is 0.103 e. The monoisotopic (exact) mass is 270 g/mol. The molecular formula is C12H15BrO2. The number of ether oxygens (including phenoxy) is 1. The highest BCUT2D eigenvalue weighted by atomic mass is 79.9. The third-order valence-corrected chi connectivity index (χ3v) is 3.84. The highest BCUT2D eigenvalue weighted by molar-refractivity contribution is 9.10. The molecule has 2 rings (SSSR count). The minimum atomic E-state index is -0.487. The average Bonchev–Trinajstić information content (AvgIpc) is 2.37. The van der Waals surface area contributed by atoms with Crippen LogP contribution < -0.4 is 0 Å². The topological polar surface area (TPSA) is 29.5 Å². The number of aliphatic hydroxyl groups is 1. The van der Waals surface area contributed by atoms with Crippen molar-refractivity contribution in [2.75, 3.05) is 13.2 Å². The van der Waals surface area contributed by atoms with Crippen LogP contribution in [-0.2, 0) is 11.2 Å². The fraction of sp³-hybridized carbons (Fsp3) is 0.500. The summed E-state index contributed by atoms with van der Waals surface area (Å²) >= 11 is 3.53. The van der Waals surface area contributed by atoms with E-state index in [-0.39, 0.29) is 0 Å². The van der Waals surface area contributed by atoms with E-state index in [0.29, 0.717) is 13.2 Å². The molecule has 0 bridgehead atoms. The highest BCUT2D eigenvalue weighted by Gasteiger charge is 2.21. The van der Waals surface area contributed by atoms with Gasteiger partial charge in [0.15, 0.2) is 0 Å². The lowest BCUT2D eigenvalue weighted by molar-refractivity contribution is 0.0449. The number of fused-ring (bicyclic) bond motifs is 1. The van der Waals surface area contributed by atoms with Gasteiger partial charge in [-0.2, -0.15) is 0 Å². The van der Waals surface area contributed by atoms with Crippen molar-refractivity contribution in [1.82, 2.24) is 0 Å². The number of aryl methyl sites for hydroxylation is 1. The van der Waals surface area contributed by atoms with Crippen LogP contribution in [0.3, 0.4) is 0 Å². The molecule has 1 aromatic rings. The van der Waals surface area contributed by atoms with Crippen LogP contribution in [0.1, 0.15) is 28.4 Å². The van der Waals surface area contributed by atoms with E-state index in [1.165, 1.54) is 11.1 Å². The molecule has 0 radical (unpaired) electrons. The van der Waals surface area contributed by atoms with Crippen molar-refractivity contribution in [2.24, 2.45) is 0 Å². The molecule has 1 N–H and O–H groups in total. The molecule has 0 aliphatic carbocycles. The Bertz CT molecular complexity index is 388. The Hall–Kier alpha value is -0.380. The van der Waals surface area contributed by atoms with Crippen LogP contribution in [0.15, 0.2) is 10.5 Å². The van der Waals surface area contributed by atoms with Crippen molar-refractivity contribution >= 4 is 15.9 Å². The molecule has 1 heterocycles. The van der Waals surface area contributed by atoms with Gasteiger partial charge in [-0.25, -0.2) is 0 Å². The molecule has 2 nitrogen and oxygen atoms in total. The summed E-state index contributed by atoms with van der Waals surface area (Å²) in [6, 6.07) is 2.12. The predicted molar refractivity (Wildman–Crippen MR) is 63.1 cm³/mol. The van der Waals surface area contributed by atoms with E-state index in [9.17, 15) is 5.11 Å². The summed E-state index contributed by atoms with van der Waals surface area (Å²) in [5.74, 6) is 0. The van der Waals surface area contributed by atoms with Crippen molar-refractivity contribution in [3.63, 3.8) is 0 Å². The molecule has 0 aromatic heterocycles. The number of halogens is 1. The second-order valence-corrected chi connectivity index (χ2v) is 4.89. The summed E-state index contributed by atoms with van der Waals surface area (Å²) in [4.78, 5) is 0. The summed E-state index contributed by atoms with van der Waals surface area (Å²) in [5, 5.41) is 10.0. The largest absolute Gasteiger partial charge is 0.386 e. The van der Waals surface area contributed by atoms with Crippen LogP contribution in [0, 0.1) is 13.8 Å². The van der Waals surface area contributed by atoms with Gasteiger partial charge in [-0.3, -0.25) is 0 Å². The van der Waals surface area contributed by atoms with Crippen LogP contribution in [0.5, 0.6) is 0 Å². The SMILES string of the molecule is Cc1cc(Br)c(C)c2c1CCOCC2O. The highest BCUT2D eigenvalue weighted by Crippen LogP contribution is 2.33. The van der Waals surface area contributed by atoms with Gasteiger partial charge >= 0.3 is 0 Å². The first-order valence-corrected chi connectivity index (χ1v) is 5.95. The Labute approximate surface area is 98.4 Å². The molecule has 1 aliphatic rings. The van der Waals surface area contributed by atoms with Crippen LogP contribution in [0.25, 0.3) is 0 Å². The molecule has 0 amide bonds. The minimum absolute atomic E-state index is 0.406. The van der Waals surface area contributed by atoms with E-state index in [4.69, 9.17) is 4.74 Å². The van der Waals surface area contributed by atoms with Crippen molar-refractivity contribution in [1.29, 1.82) is 0 Å². The molecule has 0 fully saturated rings. The number of hydrogen-bond acceptors (Lipinski definition) is 2. The van der Waals surface area contributed by atoms with Crippen molar-refractivity contribution in [3.05, 3.63) is 32.8 Å². The zero-order valence-electron chi connectivity index (χ0n) is 9.01. The van der Waals surface area contributed by atoms with Crippen molar-refractivity contribution < 1.29 is 9.84 Å². The Balaban J connectivity index is 2.63. The van der Waals surface area contributed by atoms with E-state index in [1.54, 1.807) is 0 Å². The third kappa shape index (κ3) is 1.96. The molecule has 0 spiro atoms. The van der Waals surface area contributed by atoms with Crippen molar-refractivity contribution in [3.8, 4) is 0 Å². The van der Waals surface area contributed by atoms with E-state index >= 15 is 0 Å². The molecule has 1 aliphatic heterocycles. The van der Waals surface area contributed by atoms with E-state index < -0.39 is 6.10 Å². The molecule has 1 unspecified atom stereocenters.